The molecule has 0 amide bonds. The molecule has 1 aliphatic carbocycles. The highest BCUT2D eigenvalue weighted by molar-refractivity contribution is 5.21. The van der Waals surface area contributed by atoms with Crippen molar-refractivity contribution < 1.29 is 5.11 Å². The normalized spacial score (nSPS) is 24.9. The molecule has 88 valence electrons. The number of aromatic nitrogens is 2. The van der Waals surface area contributed by atoms with Crippen LogP contribution in [0.15, 0.2) is 9.59 Å². The molecule has 0 aromatic carbocycles. The molecule has 1 heterocycles. The Kier molecular flexibility index (Phi) is 2.61. The second-order valence-electron chi connectivity index (χ2n) is 4.65. The lowest BCUT2D eigenvalue weighted by molar-refractivity contribution is 0.355. The second-order valence-corrected chi connectivity index (χ2v) is 4.65. The van der Waals surface area contributed by atoms with Crippen LogP contribution in [0.2, 0.25) is 0 Å². The SMILES string of the molecule is Cc1c(O)n(C2CCC(C)C2)c(=O)[nH]c1=O. The van der Waals surface area contributed by atoms with Crippen LogP contribution in [0, 0.1) is 12.8 Å². The molecule has 0 bridgehead atoms. The Morgan fingerprint density at radius 3 is 2.62 bits per heavy atom. The molecule has 16 heavy (non-hydrogen) atoms. The van der Waals surface area contributed by atoms with Gasteiger partial charge in [0.25, 0.3) is 5.56 Å². The standard InChI is InChI=1S/C11H16N2O3/c1-6-3-4-8(5-6)13-10(15)7(2)9(14)12-11(13)16/h6,8,15H,3-5H2,1-2H3,(H,12,14,16). The highest BCUT2D eigenvalue weighted by Gasteiger charge is 2.26. The highest BCUT2D eigenvalue weighted by atomic mass is 16.3. The van der Waals surface area contributed by atoms with Crippen molar-refractivity contribution in [2.24, 2.45) is 5.92 Å². The van der Waals surface area contributed by atoms with Gasteiger partial charge in [-0.2, -0.15) is 0 Å². The van der Waals surface area contributed by atoms with Gasteiger partial charge in [-0.05, 0) is 32.1 Å². The third-order valence-corrected chi connectivity index (χ3v) is 3.38. The molecule has 1 saturated carbocycles. The maximum atomic E-state index is 11.7. The zero-order valence-corrected chi connectivity index (χ0v) is 9.49. The molecule has 5 heteroatoms. The van der Waals surface area contributed by atoms with Crippen molar-refractivity contribution in [1.29, 1.82) is 0 Å². The number of rotatable bonds is 1. The zero-order chi connectivity index (χ0) is 11.9. The lowest BCUT2D eigenvalue weighted by atomic mass is 10.1. The molecular formula is C11H16N2O3. The number of nitrogens with zero attached hydrogens (tertiary/aromatic N) is 1. The van der Waals surface area contributed by atoms with Crippen molar-refractivity contribution in [2.45, 2.75) is 39.2 Å². The average Bonchev–Trinajstić information content (AvgIpc) is 2.61. The fraction of sp³-hybridized carbons (Fsp3) is 0.636. The van der Waals surface area contributed by atoms with Crippen molar-refractivity contribution in [3.8, 4) is 5.88 Å². The largest absolute Gasteiger partial charge is 0.494 e. The van der Waals surface area contributed by atoms with Crippen LogP contribution in [0.5, 0.6) is 5.88 Å². The summed E-state index contributed by atoms with van der Waals surface area (Å²) in [5.41, 5.74) is -0.809. The van der Waals surface area contributed by atoms with Gasteiger partial charge in [-0.25, -0.2) is 4.79 Å². The van der Waals surface area contributed by atoms with E-state index in [0.29, 0.717) is 5.92 Å². The lowest BCUT2D eigenvalue weighted by Crippen LogP contribution is -2.33. The Morgan fingerprint density at radius 1 is 1.38 bits per heavy atom. The highest BCUT2D eigenvalue weighted by Crippen LogP contribution is 2.35. The van der Waals surface area contributed by atoms with Gasteiger partial charge in [0.2, 0.25) is 5.88 Å². The fourth-order valence-corrected chi connectivity index (χ4v) is 2.38. The summed E-state index contributed by atoms with van der Waals surface area (Å²) in [6.07, 6.45) is 2.80. The van der Waals surface area contributed by atoms with Crippen molar-refractivity contribution in [1.82, 2.24) is 9.55 Å². The van der Waals surface area contributed by atoms with Gasteiger partial charge < -0.3 is 5.11 Å². The average molecular weight is 224 g/mol. The smallest absolute Gasteiger partial charge is 0.331 e. The molecule has 1 aromatic heterocycles. The van der Waals surface area contributed by atoms with E-state index in [4.69, 9.17) is 0 Å². The Bertz CT molecular complexity index is 515. The van der Waals surface area contributed by atoms with Gasteiger partial charge >= 0.3 is 5.69 Å². The minimum atomic E-state index is -0.509. The van der Waals surface area contributed by atoms with Gasteiger partial charge in [0.15, 0.2) is 0 Å². The summed E-state index contributed by atoms with van der Waals surface area (Å²) < 4.78 is 1.32. The van der Waals surface area contributed by atoms with Crippen LogP contribution >= 0.6 is 0 Å². The predicted molar refractivity (Wildman–Crippen MR) is 59.8 cm³/mol. The van der Waals surface area contributed by atoms with Crippen molar-refractivity contribution >= 4 is 0 Å². The summed E-state index contributed by atoms with van der Waals surface area (Å²) in [6, 6.07) is 0.0121. The number of aromatic amines is 1. The van der Waals surface area contributed by atoms with Crippen LogP contribution in [0.3, 0.4) is 0 Å². The maximum absolute atomic E-state index is 11.7. The molecule has 5 nitrogen and oxygen atoms in total. The van der Waals surface area contributed by atoms with Crippen molar-refractivity contribution in [2.75, 3.05) is 0 Å². The Hall–Kier alpha value is -1.52. The Labute approximate surface area is 92.7 Å². The van der Waals surface area contributed by atoms with Crippen molar-refractivity contribution in [3.05, 3.63) is 26.4 Å². The molecule has 1 fully saturated rings. The minimum Gasteiger partial charge on any atom is -0.494 e. The molecule has 1 aromatic rings. The summed E-state index contributed by atoms with van der Waals surface area (Å²) in [5.74, 6) is 0.372. The molecule has 2 atom stereocenters. The third-order valence-electron chi connectivity index (χ3n) is 3.38. The van der Waals surface area contributed by atoms with Gasteiger partial charge in [-0.15, -0.1) is 0 Å². The molecule has 0 aliphatic heterocycles. The van der Waals surface area contributed by atoms with E-state index in [1.54, 1.807) is 0 Å². The van der Waals surface area contributed by atoms with E-state index in [0.717, 1.165) is 19.3 Å². The lowest BCUT2D eigenvalue weighted by Gasteiger charge is -2.16. The van der Waals surface area contributed by atoms with Gasteiger partial charge in [-0.1, -0.05) is 6.92 Å². The number of hydrogen-bond acceptors (Lipinski definition) is 3. The van der Waals surface area contributed by atoms with Crippen molar-refractivity contribution in [3.63, 3.8) is 0 Å². The van der Waals surface area contributed by atoms with E-state index in [2.05, 4.69) is 11.9 Å². The van der Waals surface area contributed by atoms with Gasteiger partial charge in [0, 0.05) is 6.04 Å². The van der Waals surface area contributed by atoms with Crippen LogP contribution in [-0.4, -0.2) is 14.7 Å². The summed E-state index contributed by atoms with van der Waals surface area (Å²) in [6.45, 7) is 3.64. The summed E-state index contributed by atoms with van der Waals surface area (Å²) >= 11 is 0. The number of hydrogen-bond donors (Lipinski definition) is 2. The van der Waals surface area contributed by atoms with Crippen LogP contribution in [0.1, 0.15) is 37.8 Å². The molecular weight excluding hydrogens is 208 g/mol. The molecule has 2 unspecified atom stereocenters. The number of nitrogens with one attached hydrogen (secondary N) is 1. The molecule has 1 aliphatic rings. The maximum Gasteiger partial charge on any atom is 0.331 e. The Morgan fingerprint density at radius 2 is 2.06 bits per heavy atom. The molecule has 2 N–H and O–H groups in total. The summed E-state index contributed by atoms with van der Waals surface area (Å²) in [4.78, 5) is 25.1. The summed E-state index contributed by atoms with van der Waals surface area (Å²) in [5, 5.41) is 9.85. The van der Waals surface area contributed by atoms with E-state index in [1.165, 1.54) is 11.5 Å². The first kappa shape index (κ1) is 11.0. The van der Waals surface area contributed by atoms with Crippen LogP contribution in [-0.2, 0) is 0 Å². The van der Waals surface area contributed by atoms with Crippen LogP contribution < -0.4 is 11.2 Å². The van der Waals surface area contributed by atoms with E-state index < -0.39 is 11.2 Å². The summed E-state index contributed by atoms with van der Waals surface area (Å²) in [7, 11) is 0. The first-order valence-electron chi connectivity index (χ1n) is 5.55. The van der Waals surface area contributed by atoms with Crippen LogP contribution in [0.25, 0.3) is 0 Å². The second kappa shape index (κ2) is 3.81. The van der Waals surface area contributed by atoms with E-state index in [1.807, 2.05) is 0 Å². The minimum absolute atomic E-state index is 0.0121. The molecule has 2 rings (SSSR count). The predicted octanol–water partition coefficient (Wildman–Crippen LogP) is 0.912. The fourth-order valence-electron chi connectivity index (χ4n) is 2.38. The zero-order valence-electron chi connectivity index (χ0n) is 9.49. The monoisotopic (exact) mass is 224 g/mol. The van der Waals surface area contributed by atoms with Gasteiger partial charge in [0.1, 0.15) is 0 Å². The van der Waals surface area contributed by atoms with E-state index >= 15 is 0 Å². The first-order chi connectivity index (χ1) is 7.50. The quantitative estimate of drug-likeness (QED) is 0.744. The molecule has 0 saturated heterocycles. The van der Waals surface area contributed by atoms with Crippen LogP contribution in [0.4, 0.5) is 0 Å². The number of aromatic hydroxyl groups is 1. The van der Waals surface area contributed by atoms with Gasteiger partial charge in [-0.3, -0.25) is 14.3 Å². The number of H-pyrrole nitrogens is 1. The molecule has 0 radical (unpaired) electrons. The van der Waals surface area contributed by atoms with E-state index in [9.17, 15) is 14.7 Å². The first-order valence-corrected chi connectivity index (χ1v) is 5.55. The topological polar surface area (TPSA) is 75.1 Å². The van der Waals surface area contributed by atoms with E-state index in [-0.39, 0.29) is 17.5 Å². The molecule has 0 spiro atoms. The van der Waals surface area contributed by atoms with Gasteiger partial charge in [0.05, 0.1) is 5.56 Å². The third kappa shape index (κ3) is 1.66. The Balaban J connectivity index is 2.53.